The lowest BCUT2D eigenvalue weighted by molar-refractivity contribution is -0.201. The van der Waals surface area contributed by atoms with E-state index >= 15 is 0 Å². The second-order valence-corrected chi connectivity index (χ2v) is 12.8. The van der Waals surface area contributed by atoms with Crippen LogP contribution in [0.3, 0.4) is 0 Å². The molecule has 2 atom stereocenters. The van der Waals surface area contributed by atoms with Gasteiger partial charge in [-0.3, -0.25) is 19.7 Å². The number of piperazine rings is 1. The summed E-state index contributed by atoms with van der Waals surface area (Å²) in [5.74, 6) is -2.41. The molecule has 13 heteroatoms. The molecule has 1 aromatic heterocycles. The van der Waals surface area contributed by atoms with Crippen LogP contribution < -0.4 is 10.6 Å². The van der Waals surface area contributed by atoms with Crippen molar-refractivity contribution in [3.05, 3.63) is 53.7 Å². The van der Waals surface area contributed by atoms with Gasteiger partial charge in [0.05, 0.1) is 17.9 Å². The highest BCUT2D eigenvalue weighted by Crippen LogP contribution is 2.59. The number of carbonyl (C=O) groups excluding carboxylic acids is 4. The fourth-order valence-corrected chi connectivity index (χ4v) is 5.54. The molecule has 0 bridgehead atoms. The molecule has 0 unspecified atom stereocenters. The number of halogens is 3. The molecule has 2 aromatic rings. The SMILES string of the molecule is C[C@@H]1CN(C(=O)C(=O)Nc2cnc(NC(=O)OC(C)(C)C)c(C3CC3)c2)[C@@H](c2ccccc2)CN1C(=O)C1(C(F)(F)F)CC1. The Morgan fingerprint density at radius 1 is 0.977 bits per heavy atom. The Bertz CT molecular complexity index is 1450. The van der Waals surface area contributed by atoms with Gasteiger partial charge in [-0.1, -0.05) is 30.3 Å². The van der Waals surface area contributed by atoms with E-state index in [9.17, 15) is 32.3 Å². The predicted octanol–water partition coefficient (Wildman–Crippen LogP) is 5.39. The van der Waals surface area contributed by atoms with Crippen molar-refractivity contribution in [2.45, 2.75) is 83.2 Å². The molecule has 1 saturated heterocycles. The van der Waals surface area contributed by atoms with Crippen LogP contribution in [0.5, 0.6) is 0 Å². The van der Waals surface area contributed by atoms with E-state index in [0.29, 0.717) is 16.9 Å². The van der Waals surface area contributed by atoms with Crippen LogP contribution in [0.2, 0.25) is 0 Å². The van der Waals surface area contributed by atoms with E-state index in [1.54, 1.807) is 64.1 Å². The quantitative estimate of drug-likeness (QED) is 0.436. The van der Waals surface area contributed by atoms with Gasteiger partial charge in [-0.25, -0.2) is 9.78 Å². The van der Waals surface area contributed by atoms with Gasteiger partial charge in [-0.05, 0) is 70.9 Å². The normalized spacial score (nSPS) is 21.3. The molecular formula is C31H36F3N5O5. The van der Waals surface area contributed by atoms with E-state index in [2.05, 4.69) is 15.6 Å². The fraction of sp³-hybridized carbons (Fsp3) is 0.516. The van der Waals surface area contributed by atoms with Crippen LogP contribution >= 0.6 is 0 Å². The van der Waals surface area contributed by atoms with Crippen LogP contribution in [0.4, 0.5) is 29.5 Å². The number of nitrogens with zero attached hydrogens (tertiary/aromatic N) is 3. The lowest BCUT2D eigenvalue weighted by Gasteiger charge is -2.46. The fourth-order valence-electron chi connectivity index (χ4n) is 5.54. The highest BCUT2D eigenvalue weighted by molar-refractivity contribution is 6.39. The summed E-state index contributed by atoms with van der Waals surface area (Å²) in [5, 5.41) is 5.24. The summed E-state index contributed by atoms with van der Waals surface area (Å²) in [4.78, 5) is 59.2. The van der Waals surface area contributed by atoms with Crippen LogP contribution in [-0.4, -0.2) is 69.5 Å². The molecule has 236 valence electrons. The first-order chi connectivity index (χ1) is 20.6. The molecule has 44 heavy (non-hydrogen) atoms. The van der Waals surface area contributed by atoms with Gasteiger partial charge in [0.15, 0.2) is 0 Å². The maximum Gasteiger partial charge on any atom is 0.413 e. The maximum absolute atomic E-state index is 13.8. The minimum absolute atomic E-state index is 0.125. The number of rotatable bonds is 5. The summed E-state index contributed by atoms with van der Waals surface area (Å²) >= 11 is 0. The van der Waals surface area contributed by atoms with Crippen molar-refractivity contribution in [3.8, 4) is 0 Å². The van der Waals surface area contributed by atoms with E-state index < -0.39 is 53.1 Å². The first-order valence-electron chi connectivity index (χ1n) is 14.6. The van der Waals surface area contributed by atoms with Crippen LogP contribution in [0.25, 0.3) is 0 Å². The number of benzene rings is 1. The molecule has 4 amide bonds. The molecule has 1 aliphatic heterocycles. The lowest BCUT2D eigenvalue weighted by atomic mass is 9.96. The summed E-state index contributed by atoms with van der Waals surface area (Å²) in [6.45, 7) is 6.49. The number of pyridine rings is 1. The molecule has 0 radical (unpaired) electrons. The monoisotopic (exact) mass is 615 g/mol. The lowest BCUT2D eigenvalue weighted by Crippen LogP contribution is -2.60. The number of hydrogen-bond donors (Lipinski definition) is 2. The Balaban J connectivity index is 1.34. The topological polar surface area (TPSA) is 121 Å². The molecule has 2 saturated carbocycles. The third-order valence-electron chi connectivity index (χ3n) is 8.15. The number of amides is 4. The van der Waals surface area contributed by atoms with Gasteiger partial charge in [0.25, 0.3) is 0 Å². The molecular weight excluding hydrogens is 579 g/mol. The van der Waals surface area contributed by atoms with Crippen LogP contribution in [0.1, 0.15) is 76.5 Å². The summed E-state index contributed by atoms with van der Waals surface area (Å²) in [5.41, 5.74) is -1.56. The molecule has 10 nitrogen and oxygen atoms in total. The highest BCUT2D eigenvalue weighted by Gasteiger charge is 2.70. The van der Waals surface area contributed by atoms with Gasteiger partial charge in [0, 0.05) is 24.7 Å². The van der Waals surface area contributed by atoms with Crippen molar-refractivity contribution < 1.29 is 37.1 Å². The van der Waals surface area contributed by atoms with Crippen molar-refractivity contribution in [2.75, 3.05) is 23.7 Å². The molecule has 1 aromatic carbocycles. The second kappa shape index (κ2) is 11.4. The predicted molar refractivity (Wildman–Crippen MR) is 154 cm³/mol. The van der Waals surface area contributed by atoms with Crippen LogP contribution in [-0.2, 0) is 19.1 Å². The Labute approximate surface area is 253 Å². The zero-order valence-corrected chi connectivity index (χ0v) is 25.0. The van der Waals surface area contributed by atoms with E-state index in [0.717, 1.165) is 12.8 Å². The number of aromatic nitrogens is 1. The van der Waals surface area contributed by atoms with Crippen molar-refractivity contribution in [3.63, 3.8) is 0 Å². The van der Waals surface area contributed by atoms with Crippen LogP contribution in [0, 0.1) is 5.41 Å². The summed E-state index contributed by atoms with van der Waals surface area (Å²) in [7, 11) is 0. The number of nitrogens with one attached hydrogen (secondary N) is 2. The third kappa shape index (κ3) is 6.51. The smallest absolute Gasteiger partial charge is 0.413 e. The number of ether oxygens (including phenoxy) is 1. The number of carbonyl (C=O) groups is 4. The van der Waals surface area contributed by atoms with E-state index in [4.69, 9.17) is 4.74 Å². The molecule has 3 aliphatic rings. The first kappa shape index (κ1) is 31.3. The van der Waals surface area contributed by atoms with Gasteiger partial charge < -0.3 is 19.9 Å². The Hall–Kier alpha value is -4.16. The third-order valence-corrected chi connectivity index (χ3v) is 8.15. The molecule has 2 heterocycles. The average molecular weight is 616 g/mol. The van der Waals surface area contributed by atoms with Gasteiger partial charge in [-0.2, -0.15) is 13.2 Å². The van der Waals surface area contributed by atoms with Gasteiger partial charge >= 0.3 is 24.1 Å². The van der Waals surface area contributed by atoms with E-state index in [1.807, 2.05) is 0 Å². The Morgan fingerprint density at radius 3 is 2.20 bits per heavy atom. The first-order valence-corrected chi connectivity index (χ1v) is 14.6. The minimum Gasteiger partial charge on any atom is -0.444 e. The molecule has 5 rings (SSSR count). The number of hydrogen-bond acceptors (Lipinski definition) is 6. The molecule has 3 fully saturated rings. The van der Waals surface area contributed by atoms with Gasteiger partial charge in [0.2, 0.25) is 5.91 Å². The number of alkyl halides is 3. The van der Waals surface area contributed by atoms with Crippen molar-refractivity contribution >= 4 is 35.3 Å². The minimum atomic E-state index is -4.66. The maximum atomic E-state index is 13.8. The molecule has 2 N–H and O–H groups in total. The number of anilines is 2. The van der Waals surface area contributed by atoms with Crippen LogP contribution in [0.15, 0.2) is 42.6 Å². The van der Waals surface area contributed by atoms with Gasteiger partial charge in [0.1, 0.15) is 16.8 Å². The summed E-state index contributed by atoms with van der Waals surface area (Å²) in [6, 6.07) is 8.69. The highest BCUT2D eigenvalue weighted by atomic mass is 19.4. The molecule has 2 aliphatic carbocycles. The van der Waals surface area contributed by atoms with Crippen molar-refractivity contribution in [2.24, 2.45) is 5.41 Å². The van der Waals surface area contributed by atoms with Gasteiger partial charge in [-0.15, -0.1) is 0 Å². The summed E-state index contributed by atoms with van der Waals surface area (Å²) < 4.78 is 46.7. The van der Waals surface area contributed by atoms with Crippen molar-refractivity contribution in [1.29, 1.82) is 0 Å². The van der Waals surface area contributed by atoms with Crippen molar-refractivity contribution in [1.82, 2.24) is 14.8 Å². The van der Waals surface area contributed by atoms with E-state index in [-0.39, 0.29) is 37.5 Å². The molecule has 0 spiro atoms. The summed E-state index contributed by atoms with van der Waals surface area (Å²) in [6.07, 6.45) is -2.79. The Morgan fingerprint density at radius 2 is 1.64 bits per heavy atom. The zero-order chi connectivity index (χ0) is 32.0. The average Bonchev–Trinajstić information content (AvgIpc) is 3.85. The zero-order valence-electron chi connectivity index (χ0n) is 25.0. The van der Waals surface area contributed by atoms with E-state index in [1.165, 1.54) is 16.0 Å². The second-order valence-electron chi connectivity index (χ2n) is 12.8. The largest absolute Gasteiger partial charge is 0.444 e. The Kier molecular flexibility index (Phi) is 8.10. The standard InChI is InChI=1S/C31H36F3N5O5/c1-18-16-39(23(20-8-6-5-7-9-20)17-38(18)27(42)30(12-13-30)31(32,33)34)26(41)25(40)36-21-14-22(19-10-11-19)24(35-15-21)37-28(43)44-29(2,3)4/h5-9,14-15,18-19,23H,10-13,16-17H2,1-4H3,(H,36,40)(H,35,37,43)/t18-,23-/m1/s1.